The van der Waals surface area contributed by atoms with Gasteiger partial charge in [-0.3, -0.25) is 4.90 Å². The van der Waals surface area contributed by atoms with Crippen molar-refractivity contribution in [3.63, 3.8) is 0 Å². The van der Waals surface area contributed by atoms with E-state index in [9.17, 15) is 0 Å². The summed E-state index contributed by atoms with van der Waals surface area (Å²) in [5.41, 5.74) is 1.11. The van der Waals surface area contributed by atoms with E-state index in [0.29, 0.717) is 0 Å². The Morgan fingerprint density at radius 3 is 3.23 bits per heavy atom. The lowest BCUT2D eigenvalue weighted by Gasteiger charge is -2.12. The number of aromatic nitrogens is 2. The van der Waals surface area contributed by atoms with Gasteiger partial charge in [-0.1, -0.05) is 20.4 Å². The lowest BCUT2D eigenvalue weighted by atomic mass is 10.2. The van der Waals surface area contributed by atoms with Crippen LogP contribution in [-0.4, -0.2) is 32.9 Å². The van der Waals surface area contributed by atoms with Gasteiger partial charge in [0, 0.05) is 23.8 Å². The molecule has 1 fully saturated rings. The number of alkyl halides is 1. The van der Waals surface area contributed by atoms with Gasteiger partial charge in [0.15, 0.2) is 0 Å². The lowest BCUT2D eigenvalue weighted by molar-refractivity contribution is 0.317. The van der Waals surface area contributed by atoms with Crippen molar-refractivity contribution < 1.29 is 0 Å². The van der Waals surface area contributed by atoms with Gasteiger partial charge in [-0.25, -0.2) is 0 Å². The molecule has 13 heavy (non-hydrogen) atoms. The molecule has 1 aliphatic rings. The van der Waals surface area contributed by atoms with Crippen LogP contribution in [0.3, 0.4) is 0 Å². The van der Waals surface area contributed by atoms with Gasteiger partial charge >= 0.3 is 0 Å². The molecule has 1 unspecified atom stereocenters. The van der Waals surface area contributed by atoms with Crippen molar-refractivity contribution in [1.29, 1.82) is 0 Å². The zero-order valence-electron chi connectivity index (χ0n) is 7.32. The Hall–Kier alpha value is 0. The first-order valence-electron chi connectivity index (χ1n) is 4.42. The Kier molecular flexibility index (Phi) is 3.29. The van der Waals surface area contributed by atoms with Crippen LogP contribution in [0.25, 0.3) is 0 Å². The van der Waals surface area contributed by atoms with Gasteiger partial charge in [0.05, 0.1) is 5.69 Å². The van der Waals surface area contributed by atoms with Crippen molar-refractivity contribution in [2.45, 2.75) is 13.0 Å². The third kappa shape index (κ3) is 2.48. The minimum Gasteiger partial charge on any atom is -0.297 e. The third-order valence-corrected chi connectivity index (χ3v) is 3.85. The summed E-state index contributed by atoms with van der Waals surface area (Å²) in [5, 5.41) is 7.20. The molecule has 1 saturated heterocycles. The fourth-order valence-electron chi connectivity index (χ4n) is 1.66. The number of likely N-dealkylation sites (tertiary alicyclic amines) is 1. The predicted octanol–water partition coefficient (Wildman–Crippen LogP) is 1.75. The van der Waals surface area contributed by atoms with Gasteiger partial charge in [0.2, 0.25) is 0 Å². The Bertz CT molecular complexity index is 252. The fourth-order valence-corrected chi connectivity index (χ4v) is 2.64. The maximum atomic E-state index is 4.05. The molecule has 2 heterocycles. The van der Waals surface area contributed by atoms with Crippen LogP contribution in [0.4, 0.5) is 0 Å². The molecule has 0 bridgehead atoms. The maximum Gasteiger partial charge on any atom is 0.0895 e. The summed E-state index contributed by atoms with van der Waals surface area (Å²) in [6.07, 6.45) is 1.31. The van der Waals surface area contributed by atoms with Crippen LogP contribution in [0.2, 0.25) is 0 Å². The molecule has 2 rings (SSSR count). The van der Waals surface area contributed by atoms with Gasteiger partial charge in [-0.05, 0) is 30.4 Å². The molecule has 0 spiro atoms. The van der Waals surface area contributed by atoms with E-state index in [2.05, 4.69) is 30.4 Å². The fraction of sp³-hybridized carbons (Fsp3) is 0.750. The van der Waals surface area contributed by atoms with Gasteiger partial charge in [0.1, 0.15) is 0 Å². The zero-order chi connectivity index (χ0) is 9.10. The van der Waals surface area contributed by atoms with Crippen molar-refractivity contribution in [1.82, 2.24) is 14.5 Å². The molecule has 0 aliphatic carbocycles. The van der Waals surface area contributed by atoms with Gasteiger partial charge in [-0.2, -0.15) is 0 Å². The summed E-state index contributed by atoms with van der Waals surface area (Å²) in [7, 11) is 0. The first-order valence-corrected chi connectivity index (χ1v) is 6.38. The second kappa shape index (κ2) is 4.48. The smallest absolute Gasteiger partial charge is 0.0895 e. The van der Waals surface area contributed by atoms with Gasteiger partial charge in [0.25, 0.3) is 0 Å². The minimum absolute atomic E-state index is 0.826. The van der Waals surface area contributed by atoms with E-state index in [1.54, 1.807) is 0 Å². The number of nitrogens with zero attached hydrogens (tertiary/aromatic N) is 3. The summed E-state index contributed by atoms with van der Waals surface area (Å²) in [6, 6.07) is 0. The maximum absolute atomic E-state index is 4.05. The van der Waals surface area contributed by atoms with Crippen molar-refractivity contribution in [3.05, 3.63) is 11.1 Å². The molecule has 1 aliphatic heterocycles. The normalized spacial score (nSPS) is 23.9. The van der Waals surface area contributed by atoms with Crippen LogP contribution >= 0.6 is 27.5 Å². The molecular weight excluding hydrogens is 250 g/mol. The van der Waals surface area contributed by atoms with E-state index in [4.69, 9.17) is 0 Å². The first kappa shape index (κ1) is 9.55. The van der Waals surface area contributed by atoms with Crippen molar-refractivity contribution in [3.8, 4) is 0 Å². The van der Waals surface area contributed by atoms with Crippen LogP contribution in [0, 0.1) is 5.92 Å². The molecule has 1 aromatic heterocycles. The molecule has 1 aromatic rings. The monoisotopic (exact) mass is 261 g/mol. The molecular formula is C8H12BrN3S. The molecule has 0 amide bonds. The highest BCUT2D eigenvalue weighted by Crippen LogP contribution is 2.19. The van der Waals surface area contributed by atoms with Crippen LogP contribution in [-0.2, 0) is 6.54 Å². The van der Waals surface area contributed by atoms with E-state index in [0.717, 1.165) is 23.5 Å². The number of hydrogen-bond acceptors (Lipinski definition) is 4. The molecule has 0 saturated carbocycles. The van der Waals surface area contributed by atoms with Crippen molar-refractivity contribution in [2.24, 2.45) is 5.92 Å². The lowest BCUT2D eigenvalue weighted by Crippen LogP contribution is -2.20. The Labute approximate surface area is 90.4 Å². The molecule has 3 nitrogen and oxygen atoms in total. The topological polar surface area (TPSA) is 29.0 Å². The summed E-state index contributed by atoms with van der Waals surface area (Å²) < 4.78 is 3.86. The van der Waals surface area contributed by atoms with Crippen LogP contribution < -0.4 is 0 Å². The van der Waals surface area contributed by atoms with Gasteiger partial charge < -0.3 is 0 Å². The molecule has 5 heteroatoms. The van der Waals surface area contributed by atoms with Crippen molar-refractivity contribution in [2.75, 3.05) is 18.4 Å². The number of hydrogen-bond donors (Lipinski definition) is 0. The minimum atomic E-state index is 0.826. The molecule has 0 aromatic carbocycles. The standard InChI is InChI=1S/C8H12BrN3S/c9-3-7-1-2-12(4-7)5-8-6-13-11-10-8/h6-7H,1-5H2. The zero-order valence-corrected chi connectivity index (χ0v) is 9.72. The van der Waals surface area contributed by atoms with E-state index in [-0.39, 0.29) is 0 Å². The van der Waals surface area contributed by atoms with Gasteiger partial charge in [-0.15, -0.1) is 5.10 Å². The first-order chi connectivity index (χ1) is 6.38. The largest absolute Gasteiger partial charge is 0.297 e. The summed E-state index contributed by atoms with van der Waals surface area (Å²) in [6.45, 7) is 3.37. The summed E-state index contributed by atoms with van der Waals surface area (Å²) in [4.78, 5) is 2.45. The van der Waals surface area contributed by atoms with E-state index < -0.39 is 0 Å². The highest BCUT2D eigenvalue weighted by atomic mass is 79.9. The summed E-state index contributed by atoms with van der Waals surface area (Å²) >= 11 is 4.96. The molecule has 0 N–H and O–H groups in total. The third-order valence-electron chi connectivity index (χ3n) is 2.38. The second-order valence-corrected chi connectivity index (χ2v) is 4.70. The van der Waals surface area contributed by atoms with E-state index >= 15 is 0 Å². The van der Waals surface area contributed by atoms with E-state index in [1.807, 2.05) is 5.38 Å². The second-order valence-electron chi connectivity index (χ2n) is 3.44. The molecule has 72 valence electrons. The highest BCUT2D eigenvalue weighted by Gasteiger charge is 2.21. The molecule has 0 radical (unpaired) electrons. The average molecular weight is 262 g/mol. The number of halogens is 1. The summed E-state index contributed by atoms with van der Waals surface area (Å²) in [5.74, 6) is 0.826. The quantitative estimate of drug-likeness (QED) is 0.777. The molecule has 1 atom stereocenters. The van der Waals surface area contributed by atoms with Crippen LogP contribution in [0.15, 0.2) is 5.38 Å². The highest BCUT2D eigenvalue weighted by molar-refractivity contribution is 9.09. The predicted molar refractivity (Wildman–Crippen MR) is 57.1 cm³/mol. The Morgan fingerprint density at radius 1 is 1.69 bits per heavy atom. The number of rotatable bonds is 3. The average Bonchev–Trinajstić information content (AvgIpc) is 2.76. The Morgan fingerprint density at radius 2 is 2.62 bits per heavy atom. The van der Waals surface area contributed by atoms with E-state index in [1.165, 1.54) is 31.0 Å². The van der Waals surface area contributed by atoms with Crippen molar-refractivity contribution >= 4 is 27.5 Å². The van der Waals surface area contributed by atoms with Crippen LogP contribution in [0.1, 0.15) is 12.1 Å². The SMILES string of the molecule is BrCC1CCN(Cc2csnn2)C1. The Balaban J connectivity index is 1.84. The van der Waals surface area contributed by atoms with Crippen LogP contribution in [0.5, 0.6) is 0 Å².